The van der Waals surface area contributed by atoms with Crippen LogP contribution in [0.25, 0.3) is 11.0 Å². The topological polar surface area (TPSA) is 46.1 Å². The van der Waals surface area contributed by atoms with Gasteiger partial charge in [0.2, 0.25) is 5.91 Å². The molecule has 3 rings (SSSR count). The number of hydrogen-bond acceptors (Lipinski definition) is 4. The maximum atomic E-state index is 12.4. The Bertz CT molecular complexity index is 698. The van der Waals surface area contributed by atoms with Crippen LogP contribution in [0.1, 0.15) is 37.8 Å². The Morgan fingerprint density at radius 3 is 2.52 bits per heavy atom. The Morgan fingerprint density at radius 2 is 1.83 bits per heavy atom. The molecule has 5 heteroatoms. The summed E-state index contributed by atoms with van der Waals surface area (Å²) in [7, 11) is 1.94. The summed E-state index contributed by atoms with van der Waals surface area (Å²) in [6.45, 7) is 1.96. The largest absolute Gasteiger partial charge is 0.342 e. The van der Waals surface area contributed by atoms with E-state index in [4.69, 9.17) is 0 Å². The van der Waals surface area contributed by atoms with Crippen LogP contribution in [-0.2, 0) is 4.79 Å². The van der Waals surface area contributed by atoms with Gasteiger partial charge in [-0.2, -0.15) is 0 Å². The fraction of sp³-hybridized carbons (Fsp3) is 0.500. The number of nitrogens with zero attached hydrogens (tertiary/aromatic N) is 3. The molecule has 1 aromatic carbocycles. The number of para-hydroxylation sites is 2. The van der Waals surface area contributed by atoms with E-state index in [9.17, 15) is 4.79 Å². The smallest absolute Gasteiger partial charge is 0.232 e. The van der Waals surface area contributed by atoms with Crippen LogP contribution >= 0.6 is 11.8 Å². The highest BCUT2D eigenvalue weighted by atomic mass is 32.2. The third-order valence-corrected chi connectivity index (χ3v) is 5.60. The molecule has 0 saturated heterocycles. The molecule has 4 nitrogen and oxygen atoms in total. The number of amides is 1. The summed E-state index contributed by atoms with van der Waals surface area (Å²) in [5, 5.41) is 0.856. The molecule has 122 valence electrons. The van der Waals surface area contributed by atoms with Crippen molar-refractivity contribution in [1.82, 2.24) is 14.9 Å². The van der Waals surface area contributed by atoms with Crippen molar-refractivity contribution in [3.63, 3.8) is 0 Å². The molecule has 1 aliphatic rings. The van der Waals surface area contributed by atoms with Crippen molar-refractivity contribution in [1.29, 1.82) is 0 Å². The Hall–Kier alpha value is -1.62. The summed E-state index contributed by atoms with van der Waals surface area (Å²) in [6, 6.07) is 8.27. The van der Waals surface area contributed by atoms with Gasteiger partial charge in [-0.05, 0) is 31.9 Å². The third-order valence-electron chi connectivity index (χ3n) is 4.55. The van der Waals surface area contributed by atoms with E-state index in [2.05, 4.69) is 9.97 Å². The van der Waals surface area contributed by atoms with Crippen LogP contribution in [0.15, 0.2) is 29.3 Å². The van der Waals surface area contributed by atoms with Gasteiger partial charge in [0.25, 0.3) is 0 Å². The van der Waals surface area contributed by atoms with E-state index >= 15 is 0 Å². The van der Waals surface area contributed by atoms with Crippen molar-refractivity contribution >= 4 is 28.7 Å². The maximum absolute atomic E-state index is 12.4. The molecule has 1 amide bonds. The molecule has 1 saturated carbocycles. The van der Waals surface area contributed by atoms with Gasteiger partial charge in [-0.15, -0.1) is 0 Å². The van der Waals surface area contributed by atoms with E-state index in [1.807, 2.05) is 43.1 Å². The zero-order valence-electron chi connectivity index (χ0n) is 13.8. The summed E-state index contributed by atoms with van der Waals surface area (Å²) in [6.07, 6.45) is 6.07. The first-order valence-electron chi connectivity index (χ1n) is 8.27. The highest BCUT2D eigenvalue weighted by molar-refractivity contribution is 7.99. The molecule has 1 heterocycles. The second-order valence-electron chi connectivity index (χ2n) is 6.19. The fourth-order valence-corrected chi connectivity index (χ4v) is 3.99. The van der Waals surface area contributed by atoms with Gasteiger partial charge < -0.3 is 4.90 Å². The lowest BCUT2D eigenvalue weighted by atomic mass is 9.94. The third kappa shape index (κ3) is 3.83. The van der Waals surface area contributed by atoms with Gasteiger partial charge in [0.1, 0.15) is 5.03 Å². The lowest BCUT2D eigenvalue weighted by molar-refractivity contribution is -0.129. The molecule has 1 aliphatic carbocycles. The van der Waals surface area contributed by atoms with E-state index in [-0.39, 0.29) is 5.91 Å². The second-order valence-corrected chi connectivity index (χ2v) is 7.15. The Kier molecular flexibility index (Phi) is 5.16. The molecule has 2 aromatic rings. The fourth-order valence-electron chi connectivity index (χ4n) is 3.11. The van der Waals surface area contributed by atoms with Crippen molar-refractivity contribution < 1.29 is 4.79 Å². The summed E-state index contributed by atoms with van der Waals surface area (Å²) >= 11 is 1.50. The van der Waals surface area contributed by atoms with Gasteiger partial charge in [-0.3, -0.25) is 4.79 Å². The first-order chi connectivity index (χ1) is 11.1. The van der Waals surface area contributed by atoms with Crippen molar-refractivity contribution in [2.45, 2.75) is 50.1 Å². The number of thioether (sulfide) groups is 1. The first kappa shape index (κ1) is 16.2. The zero-order chi connectivity index (χ0) is 16.2. The zero-order valence-corrected chi connectivity index (χ0v) is 14.6. The quantitative estimate of drug-likeness (QED) is 0.800. The Labute approximate surface area is 141 Å². The molecule has 0 radical (unpaired) electrons. The Morgan fingerprint density at radius 1 is 1.17 bits per heavy atom. The molecule has 0 atom stereocenters. The van der Waals surface area contributed by atoms with Crippen LogP contribution in [0.4, 0.5) is 0 Å². The predicted octanol–water partition coefficient (Wildman–Crippen LogP) is 3.82. The average molecular weight is 329 g/mol. The normalized spacial score (nSPS) is 15.7. The summed E-state index contributed by atoms with van der Waals surface area (Å²) in [5.41, 5.74) is 2.68. The number of rotatable bonds is 4. The van der Waals surface area contributed by atoms with Gasteiger partial charge in [0.05, 0.1) is 22.5 Å². The SMILES string of the molecule is Cc1nc2ccccc2nc1SCC(=O)N(C)C1CCCCC1. The molecule has 1 aromatic heterocycles. The standard InChI is InChI=1S/C18H23N3OS/c1-13-18(20-16-11-7-6-10-15(16)19-13)23-12-17(22)21(2)14-8-4-3-5-9-14/h6-7,10-11,14H,3-5,8-9,12H2,1-2H3. The van der Waals surface area contributed by atoms with Crippen LogP contribution in [0.2, 0.25) is 0 Å². The second kappa shape index (κ2) is 7.30. The predicted molar refractivity (Wildman–Crippen MR) is 94.6 cm³/mol. The van der Waals surface area contributed by atoms with Crippen LogP contribution in [0.5, 0.6) is 0 Å². The number of hydrogen-bond donors (Lipinski definition) is 0. The highest BCUT2D eigenvalue weighted by Crippen LogP contribution is 2.25. The number of carbonyl (C=O) groups is 1. The molecule has 0 spiro atoms. The minimum atomic E-state index is 0.191. The van der Waals surface area contributed by atoms with Crippen LogP contribution in [0, 0.1) is 6.92 Å². The number of fused-ring (bicyclic) bond motifs is 1. The monoisotopic (exact) mass is 329 g/mol. The number of aryl methyl sites for hydroxylation is 1. The summed E-state index contributed by atoms with van der Waals surface area (Å²) in [4.78, 5) is 23.6. The van der Waals surface area contributed by atoms with Gasteiger partial charge in [-0.1, -0.05) is 43.2 Å². The number of carbonyl (C=O) groups excluding carboxylic acids is 1. The average Bonchev–Trinajstić information content (AvgIpc) is 2.59. The molecule has 0 unspecified atom stereocenters. The van der Waals surface area contributed by atoms with Crippen molar-refractivity contribution in [3.8, 4) is 0 Å². The molecule has 23 heavy (non-hydrogen) atoms. The molecular weight excluding hydrogens is 306 g/mol. The molecule has 0 N–H and O–H groups in total. The van der Waals surface area contributed by atoms with Crippen LogP contribution in [0.3, 0.4) is 0 Å². The Balaban J connectivity index is 1.65. The van der Waals surface area contributed by atoms with E-state index < -0.39 is 0 Å². The van der Waals surface area contributed by atoms with Crippen LogP contribution < -0.4 is 0 Å². The van der Waals surface area contributed by atoms with Gasteiger partial charge in [0, 0.05) is 13.1 Å². The first-order valence-corrected chi connectivity index (χ1v) is 9.25. The van der Waals surface area contributed by atoms with Crippen LogP contribution in [-0.4, -0.2) is 39.6 Å². The lowest BCUT2D eigenvalue weighted by Crippen LogP contribution is -2.39. The summed E-state index contributed by atoms with van der Waals surface area (Å²) < 4.78 is 0. The maximum Gasteiger partial charge on any atom is 0.232 e. The van der Waals surface area contributed by atoms with Crippen molar-refractivity contribution in [2.75, 3.05) is 12.8 Å². The minimum absolute atomic E-state index is 0.191. The summed E-state index contributed by atoms with van der Waals surface area (Å²) in [5.74, 6) is 0.622. The molecule has 0 bridgehead atoms. The van der Waals surface area contributed by atoms with Gasteiger partial charge in [-0.25, -0.2) is 9.97 Å². The molecule has 1 fully saturated rings. The van der Waals surface area contributed by atoms with E-state index in [0.717, 1.165) is 34.6 Å². The van der Waals surface area contributed by atoms with Gasteiger partial charge >= 0.3 is 0 Å². The van der Waals surface area contributed by atoms with E-state index in [1.54, 1.807) is 0 Å². The van der Waals surface area contributed by atoms with Crippen molar-refractivity contribution in [2.24, 2.45) is 0 Å². The van der Waals surface area contributed by atoms with Gasteiger partial charge in [0.15, 0.2) is 0 Å². The molecular formula is C18H23N3OS. The number of benzene rings is 1. The lowest BCUT2D eigenvalue weighted by Gasteiger charge is -2.31. The molecule has 0 aliphatic heterocycles. The van der Waals surface area contributed by atoms with Crippen molar-refractivity contribution in [3.05, 3.63) is 30.0 Å². The highest BCUT2D eigenvalue weighted by Gasteiger charge is 2.22. The minimum Gasteiger partial charge on any atom is -0.342 e. The van der Waals surface area contributed by atoms with E-state index in [1.165, 1.54) is 31.0 Å². The number of aromatic nitrogens is 2. The van der Waals surface area contributed by atoms with E-state index in [0.29, 0.717) is 11.8 Å².